The first-order valence-corrected chi connectivity index (χ1v) is 7.71. The van der Waals surface area contributed by atoms with E-state index >= 15 is 0 Å². The minimum atomic E-state index is 0.445. The molecular formula is C15H12BrIO3. The van der Waals surface area contributed by atoms with Gasteiger partial charge in [0, 0.05) is 13.6 Å². The van der Waals surface area contributed by atoms with Crippen molar-refractivity contribution < 1.29 is 14.3 Å². The molecule has 0 saturated heterocycles. The second-order valence-electron chi connectivity index (χ2n) is 4.06. The van der Waals surface area contributed by atoms with Crippen LogP contribution in [0.25, 0.3) is 0 Å². The Morgan fingerprint density at radius 2 is 1.90 bits per heavy atom. The number of halogens is 2. The number of carbonyl (C=O) groups is 1. The van der Waals surface area contributed by atoms with Crippen molar-refractivity contribution in [3.8, 4) is 11.5 Å². The highest BCUT2D eigenvalue weighted by atomic mass is 127. The summed E-state index contributed by atoms with van der Waals surface area (Å²) in [7, 11) is 1.55. The number of hydrogen-bond acceptors (Lipinski definition) is 3. The Balaban J connectivity index is 2.18. The Bertz CT molecular complexity index is 611. The van der Waals surface area contributed by atoms with Crippen LogP contribution in [0.5, 0.6) is 11.5 Å². The van der Waals surface area contributed by atoms with E-state index in [4.69, 9.17) is 9.47 Å². The zero-order chi connectivity index (χ0) is 14.5. The third-order valence-corrected chi connectivity index (χ3v) is 4.12. The van der Waals surface area contributed by atoms with Crippen LogP contribution in [0.15, 0.2) is 40.9 Å². The van der Waals surface area contributed by atoms with Crippen molar-refractivity contribution in [2.45, 2.75) is 6.61 Å². The molecule has 0 spiro atoms. The number of carbonyl (C=O) groups excluding carboxylic acids is 1. The summed E-state index contributed by atoms with van der Waals surface area (Å²) in [6, 6.07) is 11.5. The number of methoxy groups -OCH3 is 1. The number of hydrogen-bond donors (Lipinski definition) is 0. The highest BCUT2D eigenvalue weighted by Crippen LogP contribution is 2.33. The van der Waals surface area contributed by atoms with E-state index < -0.39 is 0 Å². The van der Waals surface area contributed by atoms with Gasteiger partial charge in [-0.05, 0) is 68.3 Å². The Morgan fingerprint density at radius 3 is 2.50 bits per heavy atom. The van der Waals surface area contributed by atoms with Gasteiger partial charge in [0.25, 0.3) is 0 Å². The monoisotopic (exact) mass is 446 g/mol. The van der Waals surface area contributed by atoms with Crippen LogP contribution in [0.2, 0.25) is 0 Å². The van der Waals surface area contributed by atoms with E-state index in [1.54, 1.807) is 19.2 Å². The summed E-state index contributed by atoms with van der Waals surface area (Å²) in [5.41, 5.74) is 1.60. The quantitative estimate of drug-likeness (QED) is 0.502. The molecule has 0 atom stereocenters. The minimum absolute atomic E-state index is 0.445. The van der Waals surface area contributed by atoms with Gasteiger partial charge in [0.15, 0.2) is 17.8 Å². The van der Waals surface area contributed by atoms with Gasteiger partial charge in [0.2, 0.25) is 0 Å². The molecule has 0 N–H and O–H groups in total. The van der Waals surface area contributed by atoms with E-state index in [-0.39, 0.29) is 0 Å². The predicted molar refractivity (Wildman–Crippen MR) is 89.6 cm³/mol. The fourth-order valence-electron chi connectivity index (χ4n) is 1.66. The maximum absolute atomic E-state index is 10.9. The van der Waals surface area contributed by atoms with Crippen LogP contribution in [0.4, 0.5) is 0 Å². The molecular weight excluding hydrogens is 435 g/mol. The van der Waals surface area contributed by atoms with E-state index in [2.05, 4.69) is 38.5 Å². The Kier molecular flexibility index (Phi) is 5.42. The molecule has 20 heavy (non-hydrogen) atoms. The van der Waals surface area contributed by atoms with E-state index in [1.165, 1.54) is 3.57 Å². The molecule has 2 aromatic carbocycles. The second-order valence-corrected chi connectivity index (χ2v) is 6.16. The molecule has 0 aliphatic rings. The summed E-state index contributed by atoms with van der Waals surface area (Å²) < 4.78 is 12.9. The molecule has 104 valence electrons. The largest absolute Gasteiger partial charge is 0.493 e. The molecule has 0 fully saturated rings. The fourth-order valence-corrected chi connectivity index (χ4v) is 2.43. The molecule has 3 nitrogen and oxygen atoms in total. The van der Waals surface area contributed by atoms with Crippen molar-refractivity contribution in [1.29, 1.82) is 0 Å². The standard InChI is InChI=1S/C15H12BrIO3/c1-19-14-6-11(8-18)13(16)7-15(14)20-9-10-2-4-12(17)5-3-10/h2-8H,9H2,1H3. The summed E-state index contributed by atoms with van der Waals surface area (Å²) in [5.74, 6) is 1.14. The zero-order valence-electron chi connectivity index (χ0n) is 10.7. The topological polar surface area (TPSA) is 35.5 Å². The Hall–Kier alpha value is -1.08. The number of ether oxygens (including phenoxy) is 2. The maximum atomic E-state index is 10.9. The van der Waals surface area contributed by atoms with Gasteiger partial charge in [-0.2, -0.15) is 0 Å². The number of rotatable bonds is 5. The van der Waals surface area contributed by atoms with Crippen LogP contribution in [0, 0.1) is 3.57 Å². The van der Waals surface area contributed by atoms with E-state index in [1.807, 2.05) is 24.3 Å². The summed E-state index contributed by atoms with van der Waals surface area (Å²) in [6.07, 6.45) is 0.773. The SMILES string of the molecule is COc1cc(C=O)c(Br)cc1OCc1ccc(I)cc1. The first-order chi connectivity index (χ1) is 9.63. The molecule has 0 aromatic heterocycles. The molecule has 0 radical (unpaired) electrons. The average Bonchev–Trinajstić information content (AvgIpc) is 2.46. The Labute approximate surface area is 139 Å². The van der Waals surface area contributed by atoms with Crippen molar-refractivity contribution >= 4 is 44.8 Å². The van der Waals surface area contributed by atoms with Crippen molar-refractivity contribution in [3.63, 3.8) is 0 Å². The van der Waals surface area contributed by atoms with Gasteiger partial charge in [0.05, 0.1) is 7.11 Å². The molecule has 2 aromatic rings. The maximum Gasteiger partial charge on any atom is 0.162 e. The minimum Gasteiger partial charge on any atom is -0.493 e. The molecule has 2 rings (SSSR count). The molecule has 0 unspecified atom stereocenters. The van der Waals surface area contributed by atoms with E-state index in [9.17, 15) is 4.79 Å². The third kappa shape index (κ3) is 3.73. The lowest BCUT2D eigenvalue weighted by Crippen LogP contribution is -1.99. The highest BCUT2D eigenvalue weighted by molar-refractivity contribution is 14.1. The van der Waals surface area contributed by atoms with Gasteiger partial charge in [0.1, 0.15) is 6.61 Å². The highest BCUT2D eigenvalue weighted by Gasteiger charge is 2.10. The lowest BCUT2D eigenvalue weighted by Gasteiger charge is -2.12. The summed E-state index contributed by atoms with van der Waals surface area (Å²) >= 11 is 5.60. The first-order valence-electron chi connectivity index (χ1n) is 5.84. The van der Waals surface area contributed by atoms with Crippen molar-refractivity contribution in [2.75, 3.05) is 7.11 Å². The normalized spacial score (nSPS) is 10.2. The summed E-state index contributed by atoms with van der Waals surface area (Å²) in [5, 5.41) is 0. The lowest BCUT2D eigenvalue weighted by molar-refractivity contribution is 0.112. The van der Waals surface area contributed by atoms with Crippen LogP contribution in [0.1, 0.15) is 15.9 Å². The van der Waals surface area contributed by atoms with Gasteiger partial charge >= 0.3 is 0 Å². The van der Waals surface area contributed by atoms with Crippen molar-refractivity contribution in [3.05, 3.63) is 55.6 Å². The number of aldehydes is 1. The molecule has 0 bridgehead atoms. The summed E-state index contributed by atoms with van der Waals surface area (Å²) in [6.45, 7) is 0.445. The molecule has 5 heteroatoms. The molecule has 0 amide bonds. The molecule has 0 heterocycles. The fraction of sp³-hybridized carbons (Fsp3) is 0.133. The molecule has 0 aliphatic heterocycles. The predicted octanol–water partition coefficient (Wildman–Crippen LogP) is 4.45. The lowest BCUT2D eigenvalue weighted by atomic mass is 10.2. The second kappa shape index (κ2) is 7.08. The van der Waals surface area contributed by atoms with Crippen molar-refractivity contribution in [2.24, 2.45) is 0 Å². The summed E-state index contributed by atoms with van der Waals surface area (Å²) in [4.78, 5) is 10.9. The third-order valence-electron chi connectivity index (χ3n) is 2.72. The number of benzene rings is 2. The van der Waals surface area contributed by atoms with Crippen LogP contribution in [0.3, 0.4) is 0 Å². The van der Waals surface area contributed by atoms with Gasteiger partial charge < -0.3 is 9.47 Å². The Morgan fingerprint density at radius 1 is 1.20 bits per heavy atom. The van der Waals surface area contributed by atoms with Crippen molar-refractivity contribution in [1.82, 2.24) is 0 Å². The molecule has 0 saturated carbocycles. The smallest absolute Gasteiger partial charge is 0.162 e. The van der Waals surface area contributed by atoms with Gasteiger partial charge in [-0.25, -0.2) is 0 Å². The zero-order valence-corrected chi connectivity index (χ0v) is 14.5. The van der Waals surface area contributed by atoms with Crippen LogP contribution < -0.4 is 9.47 Å². The van der Waals surface area contributed by atoms with Crippen LogP contribution >= 0.6 is 38.5 Å². The van der Waals surface area contributed by atoms with Crippen LogP contribution in [-0.2, 0) is 6.61 Å². The van der Waals surface area contributed by atoms with Gasteiger partial charge in [-0.3, -0.25) is 4.79 Å². The average molecular weight is 447 g/mol. The first kappa shape index (κ1) is 15.3. The van der Waals surface area contributed by atoms with E-state index in [0.29, 0.717) is 28.1 Å². The molecule has 0 aliphatic carbocycles. The van der Waals surface area contributed by atoms with Gasteiger partial charge in [-0.15, -0.1) is 0 Å². The van der Waals surface area contributed by atoms with Gasteiger partial charge in [-0.1, -0.05) is 12.1 Å². The van der Waals surface area contributed by atoms with E-state index in [0.717, 1.165) is 11.8 Å². The van der Waals surface area contributed by atoms with Crippen LogP contribution in [-0.4, -0.2) is 13.4 Å².